The van der Waals surface area contributed by atoms with Gasteiger partial charge in [-0.25, -0.2) is 9.37 Å². The second kappa shape index (κ2) is 5.69. The second-order valence-corrected chi connectivity index (χ2v) is 5.21. The Labute approximate surface area is 135 Å². The molecule has 0 aliphatic carbocycles. The average Bonchev–Trinajstić information content (AvgIpc) is 3.07. The lowest BCUT2D eigenvalue weighted by Gasteiger charge is -2.03. The molecule has 0 aliphatic rings. The van der Waals surface area contributed by atoms with Gasteiger partial charge in [-0.05, 0) is 36.4 Å². The Morgan fingerprint density at radius 2 is 1.88 bits per heavy atom. The molecular formula is C17H11FN4O2. The third-order valence-corrected chi connectivity index (χ3v) is 3.61. The highest BCUT2D eigenvalue weighted by Crippen LogP contribution is 2.16. The third kappa shape index (κ3) is 2.56. The SMILES string of the molecule is O=c1c2ccccc2ncn1Cc1nc(-c2ccc(F)cc2)no1. The van der Waals surface area contributed by atoms with Crippen molar-refractivity contribution in [2.45, 2.75) is 6.54 Å². The van der Waals surface area contributed by atoms with Crippen molar-refractivity contribution in [2.75, 3.05) is 0 Å². The molecule has 7 heteroatoms. The number of aromatic nitrogens is 4. The number of para-hydroxylation sites is 1. The Morgan fingerprint density at radius 3 is 2.71 bits per heavy atom. The van der Waals surface area contributed by atoms with Crippen LogP contribution in [0.25, 0.3) is 22.3 Å². The van der Waals surface area contributed by atoms with E-state index in [1.807, 2.05) is 6.07 Å². The monoisotopic (exact) mass is 322 g/mol. The summed E-state index contributed by atoms with van der Waals surface area (Å²) in [5.41, 5.74) is 1.09. The zero-order chi connectivity index (χ0) is 16.5. The molecule has 118 valence electrons. The van der Waals surface area contributed by atoms with Crippen LogP contribution in [-0.4, -0.2) is 19.7 Å². The van der Waals surface area contributed by atoms with Crippen molar-refractivity contribution in [2.24, 2.45) is 0 Å². The molecular weight excluding hydrogens is 311 g/mol. The van der Waals surface area contributed by atoms with Crippen molar-refractivity contribution in [3.8, 4) is 11.4 Å². The summed E-state index contributed by atoms with van der Waals surface area (Å²) in [5, 5.41) is 4.39. The standard InChI is InChI=1S/C17H11FN4O2/c18-12-7-5-11(6-8-12)16-20-15(24-21-16)9-22-10-19-14-4-2-1-3-13(14)17(22)23/h1-8,10H,9H2. The van der Waals surface area contributed by atoms with Crippen LogP contribution in [0.4, 0.5) is 4.39 Å². The predicted octanol–water partition coefficient (Wildman–Crippen LogP) is 2.63. The highest BCUT2D eigenvalue weighted by atomic mass is 19.1. The summed E-state index contributed by atoms with van der Waals surface area (Å²) in [6, 6.07) is 12.9. The normalized spacial score (nSPS) is 11.0. The van der Waals surface area contributed by atoms with Crippen molar-refractivity contribution in [1.82, 2.24) is 19.7 Å². The zero-order valence-electron chi connectivity index (χ0n) is 12.4. The lowest BCUT2D eigenvalue weighted by molar-refractivity contribution is 0.369. The Bertz CT molecular complexity index is 1070. The van der Waals surface area contributed by atoms with E-state index in [9.17, 15) is 9.18 Å². The van der Waals surface area contributed by atoms with Crippen molar-refractivity contribution in [3.05, 3.63) is 76.9 Å². The van der Waals surface area contributed by atoms with Gasteiger partial charge in [0.15, 0.2) is 0 Å². The topological polar surface area (TPSA) is 73.8 Å². The second-order valence-electron chi connectivity index (χ2n) is 5.21. The summed E-state index contributed by atoms with van der Waals surface area (Å²) in [4.78, 5) is 20.9. The lowest BCUT2D eigenvalue weighted by atomic mass is 10.2. The molecule has 2 aromatic carbocycles. The largest absolute Gasteiger partial charge is 0.337 e. The van der Waals surface area contributed by atoms with Gasteiger partial charge in [0.25, 0.3) is 5.56 Å². The molecule has 0 unspecified atom stereocenters. The molecule has 0 radical (unpaired) electrons. The Morgan fingerprint density at radius 1 is 1.08 bits per heavy atom. The van der Waals surface area contributed by atoms with E-state index in [1.54, 1.807) is 30.3 Å². The molecule has 4 rings (SSSR count). The molecule has 6 nitrogen and oxygen atoms in total. The fraction of sp³-hybridized carbons (Fsp3) is 0.0588. The summed E-state index contributed by atoms with van der Waals surface area (Å²) in [5.74, 6) is 0.275. The minimum absolute atomic E-state index is 0.116. The van der Waals surface area contributed by atoms with E-state index in [2.05, 4.69) is 15.1 Å². The molecule has 0 aliphatic heterocycles. The van der Waals surface area contributed by atoms with Crippen molar-refractivity contribution in [3.63, 3.8) is 0 Å². The van der Waals surface area contributed by atoms with Crippen LogP contribution < -0.4 is 5.56 Å². The highest BCUT2D eigenvalue weighted by molar-refractivity contribution is 5.76. The van der Waals surface area contributed by atoms with Gasteiger partial charge in [0.05, 0.1) is 17.2 Å². The van der Waals surface area contributed by atoms with E-state index >= 15 is 0 Å². The van der Waals surface area contributed by atoms with Crippen LogP contribution in [0.2, 0.25) is 0 Å². The molecule has 0 atom stereocenters. The number of hydrogen-bond donors (Lipinski definition) is 0. The van der Waals surface area contributed by atoms with Gasteiger partial charge in [0.2, 0.25) is 11.7 Å². The molecule has 0 saturated heterocycles. The first kappa shape index (κ1) is 14.3. The number of hydrogen-bond acceptors (Lipinski definition) is 5. The van der Waals surface area contributed by atoms with Gasteiger partial charge in [-0.1, -0.05) is 17.3 Å². The molecule has 0 amide bonds. The lowest BCUT2D eigenvalue weighted by Crippen LogP contribution is -2.21. The maximum absolute atomic E-state index is 13.0. The fourth-order valence-corrected chi connectivity index (χ4v) is 2.40. The first-order valence-corrected chi connectivity index (χ1v) is 7.23. The average molecular weight is 322 g/mol. The van der Waals surface area contributed by atoms with E-state index < -0.39 is 0 Å². The van der Waals surface area contributed by atoms with E-state index in [0.717, 1.165) is 0 Å². The first-order valence-electron chi connectivity index (χ1n) is 7.23. The smallest absolute Gasteiger partial charge is 0.261 e. The zero-order valence-corrected chi connectivity index (χ0v) is 12.4. The van der Waals surface area contributed by atoms with Gasteiger partial charge in [0.1, 0.15) is 12.4 Å². The van der Waals surface area contributed by atoms with Gasteiger partial charge in [-0.2, -0.15) is 4.98 Å². The maximum Gasteiger partial charge on any atom is 0.261 e. The third-order valence-electron chi connectivity index (χ3n) is 3.61. The van der Waals surface area contributed by atoms with E-state index in [4.69, 9.17) is 4.52 Å². The Kier molecular flexibility index (Phi) is 3.38. The van der Waals surface area contributed by atoms with E-state index in [1.165, 1.54) is 23.0 Å². The van der Waals surface area contributed by atoms with Crippen LogP contribution in [0.15, 0.2) is 64.2 Å². The van der Waals surface area contributed by atoms with Crippen molar-refractivity contribution < 1.29 is 8.91 Å². The molecule has 24 heavy (non-hydrogen) atoms. The van der Waals surface area contributed by atoms with Crippen LogP contribution in [-0.2, 0) is 6.54 Å². The molecule has 0 bridgehead atoms. The molecule has 0 N–H and O–H groups in total. The predicted molar refractivity (Wildman–Crippen MR) is 84.8 cm³/mol. The summed E-state index contributed by atoms with van der Waals surface area (Å²) in [7, 11) is 0. The molecule has 0 saturated carbocycles. The van der Waals surface area contributed by atoms with Crippen molar-refractivity contribution in [1.29, 1.82) is 0 Å². The van der Waals surface area contributed by atoms with E-state index in [-0.39, 0.29) is 23.8 Å². The minimum atomic E-state index is -0.337. The minimum Gasteiger partial charge on any atom is -0.337 e. The maximum atomic E-state index is 13.0. The molecule has 4 aromatic rings. The summed E-state index contributed by atoms with van der Waals surface area (Å²) in [6.45, 7) is 0.116. The molecule has 2 heterocycles. The number of rotatable bonds is 3. The van der Waals surface area contributed by atoms with Gasteiger partial charge in [0, 0.05) is 5.56 Å². The first-order chi connectivity index (χ1) is 11.7. The van der Waals surface area contributed by atoms with E-state index in [0.29, 0.717) is 22.3 Å². The number of nitrogens with zero attached hydrogens (tertiary/aromatic N) is 4. The van der Waals surface area contributed by atoms with Crippen LogP contribution in [0.5, 0.6) is 0 Å². The van der Waals surface area contributed by atoms with Gasteiger partial charge in [-0.3, -0.25) is 9.36 Å². The van der Waals surface area contributed by atoms with Crippen molar-refractivity contribution >= 4 is 10.9 Å². The highest BCUT2D eigenvalue weighted by Gasteiger charge is 2.11. The number of halogens is 1. The van der Waals surface area contributed by atoms with Gasteiger partial charge >= 0.3 is 0 Å². The summed E-state index contributed by atoms with van der Waals surface area (Å²) in [6.07, 6.45) is 1.45. The Hall–Kier alpha value is -3.35. The van der Waals surface area contributed by atoms with Crippen LogP contribution in [0, 0.1) is 5.82 Å². The van der Waals surface area contributed by atoms with Gasteiger partial charge < -0.3 is 4.52 Å². The molecule has 0 fully saturated rings. The molecule has 0 spiro atoms. The van der Waals surface area contributed by atoms with Crippen LogP contribution in [0.3, 0.4) is 0 Å². The quantitative estimate of drug-likeness (QED) is 0.580. The van der Waals surface area contributed by atoms with Crippen LogP contribution >= 0.6 is 0 Å². The Balaban J connectivity index is 1.66. The van der Waals surface area contributed by atoms with Gasteiger partial charge in [-0.15, -0.1) is 0 Å². The summed E-state index contributed by atoms with van der Waals surface area (Å²) >= 11 is 0. The number of fused-ring (bicyclic) bond motifs is 1. The summed E-state index contributed by atoms with van der Waals surface area (Å²) < 4.78 is 19.5. The number of benzene rings is 2. The van der Waals surface area contributed by atoms with Crippen LogP contribution in [0.1, 0.15) is 5.89 Å². The molecule has 2 aromatic heterocycles. The fourth-order valence-electron chi connectivity index (χ4n) is 2.40.